The standard InChI is InChI=1S/C12H24N2OS/c1-10-7-12(9-13,4-5-15-10)14(2)11-3-6-16-8-11/h10-11H,3-9,13H2,1-2H3. The number of nitrogens with zero attached hydrogens (tertiary/aromatic N) is 1. The SMILES string of the molecule is CC1CC(CN)(N(C)C2CCSC2)CCO1. The molecule has 2 saturated heterocycles. The van der Waals surface area contributed by atoms with Gasteiger partial charge in [-0.05, 0) is 39.0 Å². The van der Waals surface area contributed by atoms with E-state index in [1.54, 1.807) is 0 Å². The number of hydrogen-bond acceptors (Lipinski definition) is 4. The van der Waals surface area contributed by atoms with Crippen LogP contribution in [0.5, 0.6) is 0 Å². The van der Waals surface area contributed by atoms with Gasteiger partial charge in [-0.25, -0.2) is 0 Å². The van der Waals surface area contributed by atoms with Crippen LogP contribution in [0.4, 0.5) is 0 Å². The summed E-state index contributed by atoms with van der Waals surface area (Å²) < 4.78 is 5.66. The molecule has 0 saturated carbocycles. The molecule has 4 heteroatoms. The lowest BCUT2D eigenvalue weighted by Gasteiger charge is -2.48. The summed E-state index contributed by atoms with van der Waals surface area (Å²) in [6.45, 7) is 3.79. The maximum absolute atomic E-state index is 6.06. The third-order valence-electron chi connectivity index (χ3n) is 4.22. The molecule has 0 spiro atoms. The molecule has 0 amide bonds. The van der Waals surface area contributed by atoms with E-state index in [1.807, 2.05) is 0 Å². The van der Waals surface area contributed by atoms with E-state index in [9.17, 15) is 0 Å². The minimum atomic E-state index is 0.188. The Labute approximate surface area is 103 Å². The Morgan fingerprint density at radius 3 is 2.94 bits per heavy atom. The summed E-state index contributed by atoms with van der Waals surface area (Å²) in [6.07, 6.45) is 3.85. The monoisotopic (exact) mass is 244 g/mol. The largest absolute Gasteiger partial charge is 0.378 e. The van der Waals surface area contributed by atoms with E-state index in [-0.39, 0.29) is 5.54 Å². The van der Waals surface area contributed by atoms with Crippen LogP contribution in [-0.4, -0.2) is 54.3 Å². The Balaban J connectivity index is 2.06. The summed E-state index contributed by atoms with van der Waals surface area (Å²) in [5, 5.41) is 0. The molecule has 2 N–H and O–H groups in total. The first-order valence-electron chi connectivity index (χ1n) is 6.30. The molecule has 16 heavy (non-hydrogen) atoms. The summed E-state index contributed by atoms with van der Waals surface area (Å²) in [6, 6.07) is 0.721. The molecule has 2 fully saturated rings. The summed E-state index contributed by atoms with van der Waals surface area (Å²) in [5.74, 6) is 2.58. The molecule has 2 aliphatic rings. The average molecular weight is 244 g/mol. The van der Waals surface area contributed by atoms with Crippen LogP contribution in [0, 0.1) is 0 Å². The molecule has 3 unspecified atom stereocenters. The summed E-state index contributed by atoms with van der Waals surface area (Å²) in [5.41, 5.74) is 6.25. The van der Waals surface area contributed by atoms with E-state index in [2.05, 4.69) is 30.6 Å². The highest BCUT2D eigenvalue weighted by atomic mass is 32.2. The second-order valence-corrected chi connectivity index (χ2v) is 6.34. The van der Waals surface area contributed by atoms with Crippen LogP contribution in [0.1, 0.15) is 26.2 Å². The van der Waals surface area contributed by atoms with E-state index in [0.717, 1.165) is 32.0 Å². The first-order chi connectivity index (χ1) is 7.68. The molecular formula is C12H24N2OS. The van der Waals surface area contributed by atoms with Crippen molar-refractivity contribution in [3.63, 3.8) is 0 Å². The molecule has 0 radical (unpaired) electrons. The highest BCUT2D eigenvalue weighted by Crippen LogP contribution is 2.34. The van der Waals surface area contributed by atoms with Crippen LogP contribution in [0.15, 0.2) is 0 Å². The van der Waals surface area contributed by atoms with Crippen molar-refractivity contribution in [1.29, 1.82) is 0 Å². The van der Waals surface area contributed by atoms with Crippen molar-refractivity contribution in [2.75, 3.05) is 31.7 Å². The van der Waals surface area contributed by atoms with Crippen molar-refractivity contribution in [2.24, 2.45) is 5.73 Å². The molecule has 3 atom stereocenters. The van der Waals surface area contributed by atoms with E-state index in [4.69, 9.17) is 10.5 Å². The van der Waals surface area contributed by atoms with E-state index in [1.165, 1.54) is 17.9 Å². The molecule has 2 heterocycles. The van der Waals surface area contributed by atoms with Crippen molar-refractivity contribution in [3.05, 3.63) is 0 Å². The van der Waals surface area contributed by atoms with Crippen LogP contribution < -0.4 is 5.73 Å². The van der Waals surface area contributed by atoms with Gasteiger partial charge < -0.3 is 10.5 Å². The lowest BCUT2D eigenvalue weighted by Crippen LogP contribution is -2.59. The van der Waals surface area contributed by atoms with Crippen LogP contribution in [0.2, 0.25) is 0 Å². The average Bonchev–Trinajstić information content (AvgIpc) is 2.81. The van der Waals surface area contributed by atoms with Gasteiger partial charge in [0.2, 0.25) is 0 Å². The quantitative estimate of drug-likeness (QED) is 0.812. The minimum Gasteiger partial charge on any atom is -0.378 e. The molecule has 0 aromatic rings. The molecule has 2 aliphatic heterocycles. The highest BCUT2D eigenvalue weighted by molar-refractivity contribution is 7.99. The fraction of sp³-hybridized carbons (Fsp3) is 1.00. The Kier molecular flexibility index (Phi) is 4.16. The van der Waals surface area contributed by atoms with Crippen molar-refractivity contribution >= 4 is 11.8 Å². The highest BCUT2D eigenvalue weighted by Gasteiger charge is 2.41. The normalized spacial score (nSPS) is 40.5. The Bertz CT molecular complexity index is 233. The number of ether oxygens (including phenoxy) is 1. The zero-order chi connectivity index (χ0) is 11.6. The van der Waals surface area contributed by atoms with Crippen LogP contribution >= 0.6 is 11.8 Å². The van der Waals surface area contributed by atoms with E-state index in [0.29, 0.717) is 6.10 Å². The Morgan fingerprint density at radius 2 is 2.38 bits per heavy atom. The first-order valence-corrected chi connectivity index (χ1v) is 7.46. The lowest BCUT2D eigenvalue weighted by atomic mass is 9.84. The number of likely N-dealkylation sites (N-methyl/N-ethyl adjacent to an activating group) is 1. The summed E-state index contributed by atoms with van der Waals surface area (Å²) in [7, 11) is 2.27. The van der Waals surface area contributed by atoms with Gasteiger partial charge in [0, 0.05) is 30.5 Å². The second kappa shape index (κ2) is 5.25. The van der Waals surface area contributed by atoms with Crippen molar-refractivity contribution in [2.45, 2.75) is 43.9 Å². The first kappa shape index (κ1) is 12.7. The summed E-state index contributed by atoms with van der Waals surface area (Å²) >= 11 is 2.07. The smallest absolute Gasteiger partial charge is 0.0565 e. The summed E-state index contributed by atoms with van der Waals surface area (Å²) in [4.78, 5) is 2.56. The predicted octanol–water partition coefficient (Wildman–Crippen LogP) is 1.32. The van der Waals surface area contributed by atoms with Gasteiger partial charge in [0.25, 0.3) is 0 Å². The maximum atomic E-state index is 6.06. The van der Waals surface area contributed by atoms with E-state index < -0.39 is 0 Å². The number of hydrogen-bond donors (Lipinski definition) is 1. The second-order valence-electron chi connectivity index (χ2n) is 5.19. The van der Waals surface area contributed by atoms with Gasteiger partial charge in [0.15, 0.2) is 0 Å². The van der Waals surface area contributed by atoms with Gasteiger partial charge in [-0.15, -0.1) is 0 Å². The Morgan fingerprint density at radius 1 is 1.56 bits per heavy atom. The molecule has 0 aliphatic carbocycles. The fourth-order valence-electron chi connectivity index (χ4n) is 3.01. The van der Waals surface area contributed by atoms with Gasteiger partial charge in [-0.1, -0.05) is 0 Å². The predicted molar refractivity (Wildman–Crippen MR) is 69.9 cm³/mol. The molecule has 0 aromatic carbocycles. The van der Waals surface area contributed by atoms with Crippen molar-refractivity contribution in [3.8, 4) is 0 Å². The van der Waals surface area contributed by atoms with Gasteiger partial charge in [0.1, 0.15) is 0 Å². The van der Waals surface area contributed by atoms with Gasteiger partial charge in [-0.2, -0.15) is 11.8 Å². The lowest BCUT2D eigenvalue weighted by molar-refractivity contribution is -0.0651. The number of rotatable bonds is 3. The molecular weight excluding hydrogens is 220 g/mol. The number of nitrogens with two attached hydrogens (primary N) is 1. The minimum absolute atomic E-state index is 0.188. The maximum Gasteiger partial charge on any atom is 0.0565 e. The van der Waals surface area contributed by atoms with Crippen LogP contribution in [0.3, 0.4) is 0 Å². The fourth-order valence-corrected chi connectivity index (χ4v) is 4.28. The van der Waals surface area contributed by atoms with Crippen molar-refractivity contribution in [1.82, 2.24) is 4.90 Å². The zero-order valence-corrected chi connectivity index (χ0v) is 11.3. The molecule has 0 bridgehead atoms. The molecule has 2 rings (SSSR count). The Hall–Kier alpha value is 0.230. The number of thioether (sulfide) groups is 1. The third-order valence-corrected chi connectivity index (χ3v) is 5.36. The molecule has 0 aromatic heterocycles. The molecule has 94 valence electrons. The van der Waals surface area contributed by atoms with Crippen molar-refractivity contribution < 1.29 is 4.74 Å². The molecule has 3 nitrogen and oxygen atoms in total. The van der Waals surface area contributed by atoms with Gasteiger partial charge in [-0.3, -0.25) is 4.90 Å². The van der Waals surface area contributed by atoms with Crippen LogP contribution in [0.25, 0.3) is 0 Å². The van der Waals surface area contributed by atoms with Gasteiger partial charge >= 0.3 is 0 Å². The third kappa shape index (κ3) is 2.40. The topological polar surface area (TPSA) is 38.5 Å². The van der Waals surface area contributed by atoms with E-state index >= 15 is 0 Å². The zero-order valence-electron chi connectivity index (χ0n) is 10.4. The van der Waals surface area contributed by atoms with Crippen LogP contribution in [-0.2, 0) is 4.74 Å². The van der Waals surface area contributed by atoms with Gasteiger partial charge in [0.05, 0.1) is 6.10 Å².